The molecular formula is C12H12IN5. The fourth-order valence-electron chi connectivity index (χ4n) is 1.67. The van der Waals surface area contributed by atoms with Crippen molar-refractivity contribution in [1.82, 2.24) is 19.3 Å². The SMILES string of the molecule is C[n+]1ccn(-c2cccc(-n3cccn3)n2)c1.[I-]. The van der Waals surface area contributed by atoms with E-state index < -0.39 is 0 Å². The third-order valence-electron chi connectivity index (χ3n) is 2.49. The van der Waals surface area contributed by atoms with Crippen LogP contribution in [0.1, 0.15) is 0 Å². The first kappa shape index (κ1) is 12.7. The number of imidazole rings is 1. The number of hydrogen-bond donors (Lipinski definition) is 0. The Labute approximate surface area is 122 Å². The molecule has 3 aromatic rings. The molecule has 0 saturated carbocycles. The molecule has 3 heterocycles. The van der Waals surface area contributed by atoms with E-state index in [9.17, 15) is 0 Å². The number of aromatic nitrogens is 5. The van der Waals surface area contributed by atoms with Gasteiger partial charge in [0.1, 0.15) is 12.4 Å². The molecule has 0 N–H and O–H groups in total. The quantitative estimate of drug-likeness (QED) is 0.391. The van der Waals surface area contributed by atoms with Crippen LogP contribution in [0, 0.1) is 0 Å². The normalized spacial score (nSPS) is 10.1. The van der Waals surface area contributed by atoms with Crippen molar-refractivity contribution in [2.75, 3.05) is 0 Å². The largest absolute Gasteiger partial charge is 1.00 e. The van der Waals surface area contributed by atoms with E-state index in [2.05, 4.69) is 10.1 Å². The van der Waals surface area contributed by atoms with Gasteiger partial charge in [0.15, 0.2) is 5.82 Å². The summed E-state index contributed by atoms with van der Waals surface area (Å²) in [5.74, 6) is 1.68. The summed E-state index contributed by atoms with van der Waals surface area (Å²) in [5, 5.41) is 4.17. The van der Waals surface area contributed by atoms with Gasteiger partial charge in [0.25, 0.3) is 0 Å². The van der Waals surface area contributed by atoms with Crippen LogP contribution in [0.3, 0.4) is 0 Å². The Morgan fingerprint density at radius 3 is 2.61 bits per heavy atom. The maximum atomic E-state index is 4.55. The Hall–Kier alpha value is -1.70. The van der Waals surface area contributed by atoms with Crippen LogP contribution in [0.15, 0.2) is 55.4 Å². The van der Waals surface area contributed by atoms with Gasteiger partial charge in [-0.3, -0.25) is 0 Å². The van der Waals surface area contributed by atoms with E-state index in [0.717, 1.165) is 11.6 Å². The van der Waals surface area contributed by atoms with Crippen molar-refractivity contribution >= 4 is 0 Å². The van der Waals surface area contributed by atoms with Gasteiger partial charge in [0, 0.05) is 18.5 Å². The van der Waals surface area contributed by atoms with Gasteiger partial charge in [-0.05, 0) is 12.1 Å². The zero-order chi connectivity index (χ0) is 11.7. The van der Waals surface area contributed by atoms with Crippen molar-refractivity contribution in [3.05, 3.63) is 55.4 Å². The molecule has 0 atom stereocenters. The van der Waals surface area contributed by atoms with E-state index in [4.69, 9.17) is 0 Å². The maximum Gasteiger partial charge on any atom is 0.250 e. The Bertz CT molecular complexity index is 629. The molecule has 0 aliphatic carbocycles. The van der Waals surface area contributed by atoms with Crippen LogP contribution in [0.25, 0.3) is 11.6 Å². The minimum absolute atomic E-state index is 0. The zero-order valence-corrected chi connectivity index (χ0v) is 12.0. The van der Waals surface area contributed by atoms with Crippen LogP contribution >= 0.6 is 0 Å². The fraction of sp³-hybridized carbons (Fsp3) is 0.0833. The van der Waals surface area contributed by atoms with Crippen LogP contribution < -0.4 is 28.5 Å². The molecule has 0 amide bonds. The molecule has 0 unspecified atom stereocenters. The van der Waals surface area contributed by atoms with Crippen molar-refractivity contribution < 1.29 is 28.5 Å². The molecule has 0 radical (unpaired) electrons. The Balaban J connectivity index is 0.00000120. The summed E-state index contributed by atoms with van der Waals surface area (Å²) < 4.78 is 5.68. The highest BCUT2D eigenvalue weighted by Gasteiger charge is 2.07. The fourth-order valence-corrected chi connectivity index (χ4v) is 1.67. The number of nitrogens with zero attached hydrogens (tertiary/aromatic N) is 5. The first-order valence-electron chi connectivity index (χ1n) is 5.33. The molecule has 0 bridgehead atoms. The molecule has 0 fully saturated rings. The summed E-state index contributed by atoms with van der Waals surface area (Å²) >= 11 is 0. The highest BCUT2D eigenvalue weighted by molar-refractivity contribution is 5.30. The third-order valence-corrected chi connectivity index (χ3v) is 2.49. The van der Waals surface area contributed by atoms with Crippen molar-refractivity contribution in [1.29, 1.82) is 0 Å². The minimum atomic E-state index is 0. The number of pyridine rings is 1. The maximum absolute atomic E-state index is 4.55. The monoisotopic (exact) mass is 353 g/mol. The smallest absolute Gasteiger partial charge is 0.250 e. The zero-order valence-electron chi connectivity index (χ0n) is 9.81. The van der Waals surface area contributed by atoms with Gasteiger partial charge in [-0.25, -0.2) is 9.25 Å². The predicted octanol–water partition coefficient (Wildman–Crippen LogP) is -2.11. The highest BCUT2D eigenvalue weighted by atomic mass is 127. The van der Waals surface area contributed by atoms with Gasteiger partial charge >= 0.3 is 0 Å². The van der Waals surface area contributed by atoms with Crippen molar-refractivity contribution in [3.8, 4) is 11.6 Å². The van der Waals surface area contributed by atoms with E-state index in [1.165, 1.54) is 0 Å². The highest BCUT2D eigenvalue weighted by Crippen LogP contribution is 2.07. The second-order valence-electron chi connectivity index (χ2n) is 3.79. The molecule has 0 spiro atoms. The summed E-state index contributed by atoms with van der Waals surface area (Å²) in [6, 6.07) is 7.75. The predicted molar refractivity (Wildman–Crippen MR) is 61.9 cm³/mol. The van der Waals surface area contributed by atoms with Crippen LogP contribution in [0.5, 0.6) is 0 Å². The lowest BCUT2D eigenvalue weighted by molar-refractivity contribution is -0.670. The topological polar surface area (TPSA) is 39.5 Å². The summed E-state index contributed by atoms with van der Waals surface area (Å²) in [6.07, 6.45) is 9.53. The molecule has 6 heteroatoms. The molecule has 0 saturated heterocycles. The van der Waals surface area contributed by atoms with Gasteiger partial charge in [0.05, 0.1) is 7.05 Å². The van der Waals surface area contributed by atoms with Crippen molar-refractivity contribution in [2.45, 2.75) is 0 Å². The molecule has 3 aromatic heterocycles. The van der Waals surface area contributed by atoms with Gasteiger partial charge in [-0.1, -0.05) is 6.07 Å². The summed E-state index contributed by atoms with van der Waals surface area (Å²) in [4.78, 5) is 4.55. The molecule has 0 aromatic carbocycles. The number of halogens is 1. The van der Waals surface area contributed by atoms with Crippen LogP contribution in [0.4, 0.5) is 0 Å². The standard InChI is InChI=1S/C12H12N5.HI/c1-15-8-9-16(10-15)11-4-2-5-12(14-11)17-7-3-6-13-17;/h2-10H,1H3;1H/q+1;/p-1. The Morgan fingerprint density at radius 1 is 1.11 bits per heavy atom. The van der Waals surface area contributed by atoms with Gasteiger partial charge in [0.2, 0.25) is 12.1 Å². The van der Waals surface area contributed by atoms with Crippen LogP contribution in [0.2, 0.25) is 0 Å². The average Bonchev–Trinajstić information content (AvgIpc) is 3.00. The third kappa shape index (κ3) is 2.42. The molecule has 92 valence electrons. The Morgan fingerprint density at radius 2 is 1.94 bits per heavy atom. The molecule has 3 rings (SSSR count). The van der Waals surface area contributed by atoms with E-state index in [1.807, 2.05) is 65.4 Å². The van der Waals surface area contributed by atoms with Crippen LogP contribution in [-0.2, 0) is 7.05 Å². The molecule has 18 heavy (non-hydrogen) atoms. The molecule has 5 nitrogen and oxygen atoms in total. The molecule has 0 aliphatic heterocycles. The molecule has 0 aliphatic rings. The second kappa shape index (κ2) is 5.30. The lowest BCUT2D eigenvalue weighted by Crippen LogP contribution is -3.00. The van der Waals surface area contributed by atoms with Gasteiger partial charge < -0.3 is 24.0 Å². The lowest BCUT2D eigenvalue weighted by Gasteiger charge is -2.00. The molecular weight excluding hydrogens is 341 g/mol. The first-order valence-corrected chi connectivity index (χ1v) is 5.33. The van der Waals surface area contributed by atoms with Gasteiger partial charge in [-0.15, -0.1) is 0 Å². The van der Waals surface area contributed by atoms with E-state index in [0.29, 0.717) is 0 Å². The summed E-state index contributed by atoms with van der Waals surface area (Å²) in [5.41, 5.74) is 0. The lowest BCUT2D eigenvalue weighted by atomic mass is 10.4. The summed E-state index contributed by atoms with van der Waals surface area (Å²) in [6.45, 7) is 0. The van der Waals surface area contributed by atoms with Crippen LogP contribution in [-0.4, -0.2) is 19.3 Å². The van der Waals surface area contributed by atoms with E-state index in [1.54, 1.807) is 10.9 Å². The van der Waals surface area contributed by atoms with E-state index in [-0.39, 0.29) is 24.0 Å². The number of hydrogen-bond acceptors (Lipinski definition) is 2. The number of rotatable bonds is 2. The average molecular weight is 353 g/mol. The van der Waals surface area contributed by atoms with Gasteiger partial charge in [-0.2, -0.15) is 14.6 Å². The first-order chi connectivity index (χ1) is 8.33. The minimum Gasteiger partial charge on any atom is -1.00 e. The second-order valence-corrected chi connectivity index (χ2v) is 3.79. The van der Waals surface area contributed by atoms with Crippen molar-refractivity contribution in [3.63, 3.8) is 0 Å². The van der Waals surface area contributed by atoms with Crippen molar-refractivity contribution in [2.24, 2.45) is 7.05 Å². The summed E-state index contributed by atoms with van der Waals surface area (Å²) in [7, 11) is 1.98. The van der Waals surface area contributed by atoms with E-state index >= 15 is 0 Å². The Kier molecular flexibility index (Phi) is 3.75. The number of aryl methyl sites for hydroxylation is 1.